The summed E-state index contributed by atoms with van der Waals surface area (Å²) in [5.74, 6) is 0.157. The van der Waals surface area contributed by atoms with Crippen molar-refractivity contribution in [2.75, 3.05) is 0 Å². The Hall–Kier alpha value is -1.18. The molecule has 0 radical (unpaired) electrons. The highest BCUT2D eigenvalue weighted by molar-refractivity contribution is 6.31. The molecule has 15 heavy (non-hydrogen) atoms. The van der Waals surface area contributed by atoms with Crippen LogP contribution in [0.15, 0.2) is 42.5 Å². The van der Waals surface area contributed by atoms with Gasteiger partial charge in [0, 0.05) is 15.6 Å². The second-order valence-corrected chi connectivity index (χ2v) is 4.04. The topological polar surface area (TPSA) is 20.2 Å². The number of phenols is 1. The summed E-state index contributed by atoms with van der Waals surface area (Å²) < 4.78 is 0. The summed E-state index contributed by atoms with van der Waals surface area (Å²) in [4.78, 5) is 0. The molecule has 0 aliphatic carbocycles. The molecule has 0 saturated carbocycles. The molecule has 0 unspecified atom stereocenters. The number of hydrogen-bond donors (Lipinski definition) is 1. The molecule has 0 amide bonds. The summed E-state index contributed by atoms with van der Waals surface area (Å²) in [5.41, 5.74) is 1.60. The number of hydrogen-bond acceptors (Lipinski definition) is 1. The van der Waals surface area contributed by atoms with Gasteiger partial charge in [-0.3, -0.25) is 0 Å². The smallest absolute Gasteiger partial charge is 0.124 e. The summed E-state index contributed by atoms with van der Waals surface area (Å²) in [5, 5.41) is 10.9. The van der Waals surface area contributed by atoms with E-state index in [1.165, 1.54) is 6.07 Å². The molecule has 0 aromatic heterocycles. The first kappa shape index (κ1) is 10.3. The third-order valence-electron chi connectivity index (χ3n) is 2.10. The second-order valence-electron chi connectivity index (χ2n) is 3.17. The molecule has 0 aliphatic heterocycles. The molecule has 0 atom stereocenters. The number of phenolic OH excluding ortho intramolecular Hbond substituents is 1. The molecule has 0 heterocycles. The van der Waals surface area contributed by atoms with E-state index in [0.29, 0.717) is 10.0 Å². The Labute approximate surface area is 97.9 Å². The Bertz CT molecular complexity index is 495. The van der Waals surface area contributed by atoms with Gasteiger partial charge in [-0.25, -0.2) is 0 Å². The summed E-state index contributed by atoms with van der Waals surface area (Å²) in [6.07, 6.45) is 0. The minimum Gasteiger partial charge on any atom is -0.507 e. The molecule has 0 spiro atoms. The monoisotopic (exact) mass is 238 g/mol. The number of halogens is 2. The van der Waals surface area contributed by atoms with Crippen LogP contribution >= 0.6 is 23.2 Å². The van der Waals surface area contributed by atoms with E-state index in [9.17, 15) is 5.11 Å². The van der Waals surface area contributed by atoms with E-state index in [4.69, 9.17) is 23.2 Å². The van der Waals surface area contributed by atoms with Gasteiger partial charge in [0.05, 0.1) is 0 Å². The first-order valence-electron chi connectivity index (χ1n) is 4.41. The van der Waals surface area contributed by atoms with Crippen LogP contribution < -0.4 is 0 Å². The van der Waals surface area contributed by atoms with Gasteiger partial charge >= 0.3 is 0 Å². The lowest BCUT2D eigenvalue weighted by Crippen LogP contribution is -1.79. The van der Waals surface area contributed by atoms with Crippen LogP contribution in [-0.4, -0.2) is 5.11 Å². The maximum absolute atomic E-state index is 9.71. The standard InChI is InChI=1S/C12H8Cl2O/c13-9-3-1-2-8(6-9)11-5-4-10(14)7-12(11)15/h1-7,15H. The number of aromatic hydroxyl groups is 1. The van der Waals surface area contributed by atoms with Crippen molar-refractivity contribution in [2.24, 2.45) is 0 Å². The van der Waals surface area contributed by atoms with Gasteiger partial charge in [-0.2, -0.15) is 0 Å². The normalized spacial score (nSPS) is 10.3. The molecule has 1 nitrogen and oxygen atoms in total. The molecule has 0 aliphatic rings. The van der Waals surface area contributed by atoms with Crippen LogP contribution in [0.4, 0.5) is 0 Å². The maximum atomic E-state index is 9.71. The molecule has 76 valence electrons. The predicted octanol–water partition coefficient (Wildman–Crippen LogP) is 4.37. The highest BCUT2D eigenvalue weighted by Crippen LogP contribution is 2.32. The summed E-state index contributed by atoms with van der Waals surface area (Å²) in [7, 11) is 0. The fraction of sp³-hybridized carbons (Fsp3) is 0. The molecule has 0 bridgehead atoms. The van der Waals surface area contributed by atoms with E-state index in [-0.39, 0.29) is 5.75 Å². The number of benzene rings is 2. The van der Waals surface area contributed by atoms with E-state index in [0.717, 1.165) is 11.1 Å². The third kappa shape index (κ3) is 2.25. The van der Waals surface area contributed by atoms with Gasteiger partial charge < -0.3 is 5.11 Å². The fourth-order valence-corrected chi connectivity index (χ4v) is 1.76. The highest BCUT2D eigenvalue weighted by Gasteiger charge is 2.04. The molecule has 2 rings (SSSR count). The van der Waals surface area contributed by atoms with E-state index in [2.05, 4.69) is 0 Å². The van der Waals surface area contributed by atoms with Gasteiger partial charge in [0.2, 0.25) is 0 Å². The summed E-state index contributed by atoms with van der Waals surface area (Å²) in [6, 6.07) is 12.3. The lowest BCUT2D eigenvalue weighted by atomic mass is 10.1. The van der Waals surface area contributed by atoms with E-state index in [1.54, 1.807) is 24.3 Å². The van der Waals surface area contributed by atoms with Crippen LogP contribution in [0, 0.1) is 0 Å². The zero-order valence-electron chi connectivity index (χ0n) is 7.74. The minimum absolute atomic E-state index is 0.157. The lowest BCUT2D eigenvalue weighted by molar-refractivity contribution is 0.477. The van der Waals surface area contributed by atoms with Crippen LogP contribution in [0.25, 0.3) is 11.1 Å². The molecular weight excluding hydrogens is 231 g/mol. The average molecular weight is 239 g/mol. The van der Waals surface area contributed by atoms with E-state index in [1.807, 2.05) is 12.1 Å². The van der Waals surface area contributed by atoms with Crippen molar-refractivity contribution in [1.29, 1.82) is 0 Å². The molecular formula is C12H8Cl2O. The summed E-state index contributed by atoms with van der Waals surface area (Å²) in [6.45, 7) is 0. The molecule has 2 aromatic carbocycles. The van der Waals surface area contributed by atoms with Gasteiger partial charge in [0.15, 0.2) is 0 Å². The minimum atomic E-state index is 0.157. The largest absolute Gasteiger partial charge is 0.507 e. The zero-order valence-corrected chi connectivity index (χ0v) is 9.26. The van der Waals surface area contributed by atoms with Crippen LogP contribution in [-0.2, 0) is 0 Å². The van der Waals surface area contributed by atoms with Crippen molar-refractivity contribution in [1.82, 2.24) is 0 Å². The third-order valence-corrected chi connectivity index (χ3v) is 2.57. The molecule has 0 fully saturated rings. The van der Waals surface area contributed by atoms with Crippen molar-refractivity contribution in [2.45, 2.75) is 0 Å². The second kappa shape index (κ2) is 4.13. The molecule has 3 heteroatoms. The average Bonchev–Trinajstić information content (AvgIpc) is 2.17. The van der Waals surface area contributed by atoms with Crippen molar-refractivity contribution in [3.63, 3.8) is 0 Å². The molecule has 2 aromatic rings. The van der Waals surface area contributed by atoms with Gasteiger partial charge in [-0.15, -0.1) is 0 Å². The van der Waals surface area contributed by atoms with Crippen LogP contribution in [0.3, 0.4) is 0 Å². The maximum Gasteiger partial charge on any atom is 0.124 e. The molecule has 0 saturated heterocycles. The number of rotatable bonds is 1. The van der Waals surface area contributed by atoms with Crippen molar-refractivity contribution >= 4 is 23.2 Å². The van der Waals surface area contributed by atoms with Crippen molar-refractivity contribution in [3.05, 3.63) is 52.5 Å². The molecule has 1 N–H and O–H groups in total. The van der Waals surface area contributed by atoms with Gasteiger partial charge in [-0.05, 0) is 35.9 Å². The first-order chi connectivity index (χ1) is 7.16. The Kier molecular flexibility index (Phi) is 2.85. The fourth-order valence-electron chi connectivity index (χ4n) is 1.40. The van der Waals surface area contributed by atoms with Crippen LogP contribution in [0.1, 0.15) is 0 Å². The quantitative estimate of drug-likeness (QED) is 0.783. The van der Waals surface area contributed by atoms with Crippen molar-refractivity contribution in [3.8, 4) is 16.9 Å². The van der Waals surface area contributed by atoms with Gasteiger partial charge in [0.25, 0.3) is 0 Å². The lowest BCUT2D eigenvalue weighted by Gasteiger charge is -2.05. The van der Waals surface area contributed by atoms with Gasteiger partial charge in [-0.1, -0.05) is 35.3 Å². The van der Waals surface area contributed by atoms with Crippen molar-refractivity contribution < 1.29 is 5.11 Å². The summed E-state index contributed by atoms with van der Waals surface area (Å²) >= 11 is 11.6. The first-order valence-corrected chi connectivity index (χ1v) is 5.17. The Balaban J connectivity index is 2.54. The van der Waals surface area contributed by atoms with Crippen LogP contribution in [0.2, 0.25) is 10.0 Å². The Morgan fingerprint density at radius 3 is 2.27 bits per heavy atom. The predicted molar refractivity (Wildman–Crippen MR) is 63.6 cm³/mol. The van der Waals surface area contributed by atoms with Gasteiger partial charge in [0.1, 0.15) is 5.75 Å². The SMILES string of the molecule is Oc1cc(Cl)ccc1-c1cccc(Cl)c1. The van der Waals surface area contributed by atoms with E-state index >= 15 is 0 Å². The van der Waals surface area contributed by atoms with Crippen LogP contribution in [0.5, 0.6) is 5.75 Å². The Morgan fingerprint density at radius 1 is 0.867 bits per heavy atom. The zero-order chi connectivity index (χ0) is 10.8. The van der Waals surface area contributed by atoms with E-state index < -0.39 is 0 Å². The highest BCUT2D eigenvalue weighted by atomic mass is 35.5. The Morgan fingerprint density at radius 2 is 1.60 bits per heavy atom.